The first-order valence-corrected chi connectivity index (χ1v) is 7.02. The first-order chi connectivity index (χ1) is 9.86. The second-order valence-corrected chi connectivity index (χ2v) is 5.16. The highest BCUT2D eigenvalue weighted by molar-refractivity contribution is 5.90. The number of β-amino-alcohol motifs (C(OH)–C–C–N with tert-alkyl or cyclic N) is 1. The number of likely N-dealkylation sites (tertiary alicyclic amines) is 1. The van der Waals surface area contributed by atoms with Gasteiger partial charge in [-0.05, 0) is 25.5 Å². The van der Waals surface area contributed by atoms with E-state index in [1.165, 1.54) is 0 Å². The smallest absolute Gasteiger partial charge is 0.158 e. The summed E-state index contributed by atoms with van der Waals surface area (Å²) in [6.45, 7) is 2.94. The van der Waals surface area contributed by atoms with E-state index in [0.717, 1.165) is 49.1 Å². The fourth-order valence-electron chi connectivity index (χ4n) is 2.74. The van der Waals surface area contributed by atoms with Crippen LogP contribution in [0.4, 0.5) is 5.82 Å². The van der Waals surface area contributed by atoms with Crippen LogP contribution in [0.25, 0.3) is 10.8 Å². The summed E-state index contributed by atoms with van der Waals surface area (Å²) in [5, 5.41) is 22.8. The Morgan fingerprint density at radius 3 is 3.25 bits per heavy atom. The minimum atomic E-state index is 0.213. The third-order valence-electron chi connectivity index (χ3n) is 3.73. The van der Waals surface area contributed by atoms with Crippen LogP contribution in [0.1, 0.15) is 12.8 Å². The molecule has 0 bridgehead atoms. The quantitative estimate of drug-likeness (QED) is 0.862. The average molecular weight is 273 g/mol. The first kappa shape index (κ1) is 13.2. The van der Waals surface area contributed by atoms with Crippen molar-refractivity contribution in [2.24, 2.45) is 0 Å². The summed E-state index contributed by atoms with van der Waals surface area (Å²) in [6, 6.07) is 2.28. The predicted molar refractivity (Wildman–Crippen MR) is 77.5 cm³/mol. The van der Waals surface area contributed by atoms with E-state index >= 15 is 0 Å². The van der Waals surface area contributed by atoms with Crippen LogP contribution in [-0.2, 0) is 0 Å². The van der Waals surface area contributed by atoms with Gasteiger partial charge in [-0.1, -0.05) is 0 Å². The normalized spacial score (nSPS) is 20.1. The average Bonchev–Trinajstić information content (AvgIpc) is 2.48. The highest BCUT2D eigenvalue weighted by Crippen LogP contribution is 2.21. The van der Waals surface area contributed by atoms with Crippen molar-refractivity contribution in [2.75, 3.05) is 31.6 Å². The topological polar surface area (TPSA) is 74.2 Å². The molecule has 2 aromatic rings. The Kier molecular flexibility index (Phi) is 4.03. The molecule has 0 saturated carbocycles. The Bertz CT molecular complexity index is 569. The number of hydrogen-bond donors (Lipinski definition) is 2. The third kappa shape index (κ3) is 2.86. The summed E-state index contributed by atoms with van der Waals surface area (Å²) in [6.07, 6.45) is 7.58. The van der Waals surface area contributed by atoms with Gasteiger partial charge in [0.2, 0.25) is 0 Å². The summed E-state index contributed by atoms with van der Waals surface area (Å²) >= 11 is 0. The van der Waals surface area contributed by atoms with Gasteiger partial charge in [-0.3, -0.25) is 9.88 Å². The van der Waals surface area contributed by atoms with E-state index in [2.05, 4.69) is 25.4 Å². The van der Waals surface area contributed by atoms with Crippen LogP contribution in [0.5, 0.6) is 0 Å². The van der Waals surface area contributed by atoms with Gasteiger partial charge in [-0.15, -0.1) is 5.10 Å². The molecule has 6 nitrogen and oxygen atoms in total. The van der Waals surface area contributed by atoms with Gasteiger partial charge in [0.1, 0.15) is 0 Å². The highest BCUT2D eigenvalue weighted by atomic mass is 16.3. The Morgan fingerprint density at radius 2 is 2.35 bits per heavy atom. The number of hydrogen-bond acceptors (Lipinski definition) is 6. The van der Waals surface area contributed by atoms with Crippen molar-refractivity contribution in [2.45, 2.75) is 18.9 Å². The Hall–Kier alpha value is -1.79. The zero-order chi connectivity index (χ0) is 13.8. The molecule has 0 amide bonds. The van der Waals surface area contributed by atoms with Gasteiger partial charge in [0.15, 0.2) is 5.82 Å². The number of piperidine rings is 1. The number of aromatic nitrogens is 3. The van der Waals surface area contributed by atoms with Gasteiger partial charge in [0.25, 0.3) is 0 Å². The van der Waals surface area contributed by atoms with Crippen molar-refractivity contribution >= 4 is 16.6 Å². The lowest BCUT2D eigenvalue weighted by Crippen LogP contribution is -2.43. The molecule has 1 aliphatic heterocycles. The highest BCUT2D eigenvalue weighted by Gasteiger charge is 2.20. The zero-order valence-electron chi connectivity index (χ0n) is 11.4. The molecule has 0 aliphatic carbocycles. The van der Waals surface area contributed by atoms with E-state index in [-0.39, 0.29) is 6.61 Å². The summed E-state index contributed by atoms with van der Waals surface area (Å²) in [4.78, 5) is 6.44. The number of anilines is 1. The second kappa shape index (κ2) is 6.11. The lowest BCUT2D eigenvalue weighted by molar-refractivity contribution is 0.166. The maximum absolute atomic E-state index is 9.04. The molecule has 1 fully saturated rings. The molecular weight excluding hydrogens is 254 g/mol. The number of rotatable bonds is 4. The number of fused-ring (bicyclic) bond motifs is 1. The first-order valence-electron chi connectivity index (χ1n) is 7.02. The molecule has 1 saturated heterocycles. The van der Waals surface area contributed by atoms with E-state index in [1.807, 2.05) is 12.3 Å². The number of nitrogens with zero attached hydrogens (tertiary/aromatic N) is 4. The fourth-order valence-corrected chi connectivity index (χ4v) is 2.74. The van der Waals surface area contributed by atoms with Gasteiger partial charge < -0.3 is 10.4 Å². The van der Waals surface area contributed by atoms with Crippen LogP contribution < -0.4 is 5.32 Å². The van der Waals surface area contributed by atoms with Crippen LogP contribution in [0.15, 0.2) is 24.7 Å². The van der Waals surface area contributed by atoms with Gasteiger partial charge >= 0.3 is 0 Å². The minimum absolute atomic E-state index is 0.213. The number of aliphatic hydroxyl groups is 1. The Morgan fingerprint density at radius 1 is 1.40 bits per heavy atom. The van der Waals surface area contributed by atoms with Crippen molar-refractivity contribution in [3.63, 3.8) is 0 Å². The minimum Gasteiger partial charge on any atom is -0.395 e. The van der Waals surface area contributed by atoms with Crippen molar-refractivity contribution in [1.82, 2.24) is 20.1 Å². The molecule has 106 valence electrons. The molecule has 3 rings (SSSR count). The van der Waals surface area contributed by atoms with Crippen molar-refractivity contribution < 1.29 is 5.11 Å². The molecule has 2 aromatic heterocycles. The second-order valence-electron chi connectivity index (χ2n) is 5.16. The SMILES string of the molecule is OCCN1CCC[C@@H](Nc2nncc3ccncc23)C1. The van der Waals surface area contributed by atoms with Gasteiger partial charge in [-0.25, -0.2) is 0 Å². The van der Waals surface area contributed by atoms with Crippen LogP contribution in [0.3, 0.4) is 0 Å². The van der Waals surface area contributed by atoms with E-state index in [0.29, 0.717) is 6.04 Å². The standard InChI is InChI=1S/C14H19N5O/c20-7-6-19-5-1-2-12(10-19)17-14-13-9-15-4-3-11(13)8-16-18-14/h3-4,8-9,12,20H,1-2,5-7,10H2,(H,17,18)/t12-/m1/s1. The number of aliphatic hydroxyl groups excluding tert-OH is 1. The van der Waals surface area contributed by atoms with Crippen molar-refractivity contribution in [3.8, 4) is 0 Å². The van der Waals surface area contributed by atoms with Crippen molar-refractivity contribution in [3.05, 3.63) is 24.7 Å². The third-order valence-corrected chi connectivity index (χ3v) is 3.73. The molecule has 1 aliphatic rings. The lowest BCUT2D eigenvalue weighted by Gasteiger charge is -2.32. The van der Waals surface area contributed by atoms with E-state index in [1.54, 1.807) is 12.4 Å². The summed E-state index contributed by atoms with van der Waals surface area (Å²) in [5.41, 5.74) is 0. The van der Waals surface area contributed by atoms with Crippen LogP contribution >= 0.6 is 0 Å². The number of pyridine rings is 1. The Labute approximate surface area is 117 Å². The van der Waals surface area contributed by atoms with Crippen molar-refractivity contribution in [1.29, 1.82) is 0 Å². The fraction of sp³-hybridized carbons (Fsp3) is 0.500. The molecule has 20 heavy (non-hydrogen) atoms. The molecular formula is C14H19N5O. The maximum Gasteiger partial charge on any atom is 0.158 e. The molecule has 3 heterocycles. The summed E-state index contributed by atoms with van der Waals surface area (Å²) < 4.78 is 0. The molecule has 0 aromatic carbocycles. The van der Waals surface area contributed by atoms with Gasteiger partial charge in [0, 0.05) is 42.3 Å². The van der Waals surface area contributed by atoms with Crippen LogP contribution in [-0.4, -0.2) is 57.5 Å². The summed E-state index contributed by atoms with van der Waals surface area (Å²) in [7, 11) is 0. The Balaban J connectivity index is 1.76. The molecule has 0 radical (unpaired) electrons. The summed E-state index contributed by atoms with van der Waals surface area (Å²) in [5.74, 6) is 0.798. The lowest BCUT2D eigenvalue weighted by atomic mass is 10.1. The number of nitrogens with one attached hydrogen (secondary N) is 1. The monoisotopic (exact) mass is 273 g/mol. The maximum atomic E-state index is 9.04. The van der Waals surface area contributed by atoms with Crippen LogP contribution in [0.2, 0.25) is 0 Å². The van der Waals surface area contributed by atoms with E-state index in [9.17, 15) is 0 Å². The van der Waals surface area contributed by atoms with E-state index in [4.69, 9.17) is 5.11 Å². The molecule has 0 spiro atoms. The van der Waals surface area contributed by atoms with Crippen LogP contribution in [0, 0.1) is 0 Å². The molecule has 1 atom stereocenters. The largest absolute Gasteiger partial charge is 0.395 e. The van der Waals surface area contributed by atoms with Gasteiger partial charge in [0.05, 0.1) is 12.8 Å². The predicted octanol–water partition coefficient (Wildman–Crippen LogP) is 0.893. The molecule has 2 N–H and O–H groups in total. The van der Waals surface area contributed by atoms with Gasteiger partial charge in [-0.2, -0.15) is 5.10 Å². The molecule has 0 unspecified atom stereocenters. The molecule has 6 heteroatoms. The zero-order valence-corrected chi connectivity index (χ0v) is 11.4. The van der Waals surface area contributed by atoms with E-state index < -0.39 is 0 Å².